The summed E-state index contributed by atoms with van der Waals surface area (Å²) in [4.78, 5) is 22.0. The van der Waals surface area contributed by atoms with E-state index in [-0.39, 0.29) is 11.8 Å². The lowest BCUT2D eigenvalue weighted by molar-refractivity contribution is -0.117. The number of ketones is 1. The fourth-order valence-corrected chi connectivity index (χ4v) is 4.08. The van der Waals surface area contributed by atoms with Crippen LogP contribution in [0.1, 0.15) is 39.0 Å². The van der Waals surface area contributed by atoms with Gasteiger partial charge in [0.15, 0.2) is 0 Å². The van der Waals surface area contributed by atoms with Crippen molar-refractivity contribution in [2.24, 2.45) is 0 Å². The second-order valence-electron chi connectivity index (χ2n) is 4.92. The average molecular weight is 256 g/mol. The molecule has 2 heterocycles. The second-order valence-corrected chi connectivity index (χ2v) is 6.20. The number of fused-ring (bicyclic) bond motifs is 1. The van der Waals surface area contributed by atoms with Gasteiger partial charge in [-0.2, -0.15) is 11.8 Å². The number of unbranched alkanes of at least 4 members (excludes halogenated alkanes) is 2. The Bertz CT molecular complexity index is 309. The molecule has 0 unspecified atom stereocenters. The van der Waals surface area contributed by atoms with Gasteiger partial charge in [0, 0.05) is 17.4 Å². The highest BCUT2D eigenvalue weighted by atomic mass is 32.2. The number of carbonyl (C=O) groups is 2. The van der Waals surface area contributed by atoms with E-state index < -0.39 is 0 Å². The van der Waals surface area contributed by atoms with Gasteiger partial charge in [0.05, 0.1) is 12.1 Å². The first-order valence-corrected chi connectivity index (χ1v) is 7.40. The number of nitrogens with one attached hydrogen (secondary N) is 2. The molecule has 2 aliphatic heterocycles. The molecule has 2 rings (SSSR count). The van der Waals surface area contributed by atoms with E-state index in [1.165, 1.54) is 0 Å². The predicted molar refractivity (Wildman–Crippen MR) is 69.3 cm³/mol. The minimum atomic E-state index is -0.0121. The maximum Gasteiger partial charge on any atom is 0.315 e. The zero-order chi connectivity index (χ0) is 12.3. The number of hydrogen-bond donors (Lipinski definition) is 2. The predicted octanol–water partition coefficient (Wildman–Crippen LogP) is 1.69. The lowest BCUT2D eigenvalue weighted by atomic mass is 10.0. The summed E-state index contributed by atoms with van der Waals surface area (Å²) in [5, 5.41) is 6.50. The van der Waals surface area contributed by atoms with E-state index in [9.17, 15) is 9.59 Å². The second kappa shape index (κ2) is 5.76. The van der Waals surface area contributed by atoms with E-state index in [0.29, 0.717) is 23.8 Å². The number of hydrogen-bond acceptors (Lipinski definition) is 3. The van der Waals surface area contributed by atoms with Crippen molar-refractivity contribution in [3.05, 3.63) is 0 Å². The first-order chi connectivity index (χ1) is 8.16. The van der Waals surface area contributed by atoms with Gasteiger partial charge in [-0.3, -0.25) is 0 Å². The molecule has 2 saturated heterocycles. The van der Waals surface area contributed by atoms with Crippen molar-refractivity contribution in [2.45, 2.75) is 56.4 Å². The maximum absolute atomic E-state index is 11.2. The fourth-order valence-electron chi connectivity index (χ4n) is 2.54. The van der Waals surface area contributed by atoms with Crippen molar-refractivity contribution in [3.8, 4) is 0 Å². The van der Waals surface area contributed by atoms with Gasteiger partial charge in [-0.15, -0.1) is 0 Å². The summed E-state index contributed by atoms with van der Waals surface area (Å²) in [6, 6.07) is 0.636. The minimum absolute atomic E-state index is 0.0121. The highest BCUT2D eigenvalue weighted by Crippen LogP contribution is 2.33. The molecule has 4 nitrogen and oxygen atoms in total. The molecule has 0 aromatic rings. The Hall–Kier alpha value is -0.710. The molecule has 17 heavy (non-hydrogen) atoms. The summed E-state index contributed by atoms with van der Waals surface area (Å²) in [6.07, 6.45) is 5.14. The first kappa shape index (κ1) is 12.7. The van der Waals surface area contributed by atoms with Crippen LogP contribution in [0.2, 0.25) is 0 Å². The van der Waals surface area contributed by atoms with E-state index in [1.54, 1.807) is 6.92 Å². The van der Waals surface area contributed by atoms with Gasteiger partial charge in [0.1, 0.15) is 5.78 Å². The van der Waals surface area contributed by atoms with E-state index in [2.05, 4.69) is 10.6 Å². The zero-order valence-electron chi connectivity index (χ0n) is 10.2. The van der Waals surface area contributed by atoms with Gasteiger partial charge >= 0.3 is 6.03 Å². The average Bonchev–Trinajstić information content (AvgIpc) is 2.77. The van der Waals surface area contributed by atoms with Gasteiger partial charge in [0.25, 0.3) is 0 Å². The normalized spacial score (nSPS) is 30.9. The van der Waals surface area contributed by atoms with Gasteiger partial charge in [-0.25, -0.2) is 4.79 Å². The summed E-state index contributed by atoms with van der Waals surface area (Å²) in [5.74, 6) is 1.31. The van der Waals surface area contributed by atoms with Crippen LogP contribution in [0.25, 0.3) is 0 Å². The summed E-state index contributed by atoms with van der Waals surface area (Å²) in [7, 11) is 0. The minimum Gasteiger partial charge on any atom is -0.332 e. The summed E-state index contributed by atoms with van der Waals surface area (Å²) in [5.41, 5.74) is 0. The molecule has 0 bridgehead atoms. The highest BCUT2D eigenvalue weighted by Gasteiger charge is 2.42. The molecule has 0 spiro atoms. The molecule has 0 aliphatic carbocycles. The third kappa shape index (κ3) is 3.37. The van der Waals surface area contributed by atoms with E-state index in [4.69, 9.17) is 0 Å². The smallest absolute Gasteiger partial charge is 0.315 e. The third-order valence-corrected chi connectivity index (χ3v) is 4.96. The molecule has 2 amide bonds. The Balaban J connectivity index is 1.63. The number of thioether (sulfide) groups is 1. The zero-order valence-corrected chi connectivity index (χ0v) is 11.0. The molecule has 2 aliphatic rings. The van der Waals surface area contributed by atoms with Crippen molar-refractivity contribution in [2.75, 3.05) is 5.75 Å². The highest BCUT2D eigenvalue weighted by molar-refractivity contribution is 8.00. The molecule has 5 heteroatoms. The maximum atomic E-state index is 11.2. The number of carbonyl (C=O) groups excluding carboxylic acids is 2. The molecule has 0 aromatic heterocycles. The van der Waals surface area contributed by atoms with Crippen LogP contribution in [0.3, 0.4) is 0 Å². The van der Waals surface area contributed by atoms with Crippen LogP contribution in [-0.2, 0) is 4.79 Å². The molecule has 0 radical (unpaired) electrons. The first-order valence-electron chi connectivity index (χ1n) is 6.35. The number of rotatable bonds is 6. The molecule has 0 aromatic carbocycles. The van der Waals surface area contributed by atoms with Gasteiger partial charge < -0.3 is 15.4 Å². The topological polar surface area (TPSA) is 58.2 Å². The Morgan fingerprint density at radius 1 is 1.35 bits per heavy atom. The third-order valence-electron chi connectivity index (χ3n) is 3.46. The fraction of sp³-hybridized carbons (Fsp3) is 0.833. The van der Waals surface area contributed by atoms with Gasteiger partial charge in [-0.1, -0.05) is 12.8 Å². The molecular formula is C12H20N2O2S. The standard InChI is InChI=1S/C12H20N2O2S/c1-8(15)5-3-2-4-6-10-11-9(7-17-10)13-12(16)14-11/h9-11H,2-7H2,1H3,(H2,13,14,16)/t9-,10-,11-/m0/s1. The van der Waals surface area contributed by atoms with Crippen molar-refractivity contribution in [3.63, 3.8) is 0 Å². The van der Waals surface area contributed by atoms with Gasteiger partial charge in [0.2, 0.25) is 0 Å². The Kier molecular flexibility index (Phi) is 4.31. The summed E-state index contributed by atoms with van der Waals surface area (Å²) in [6.45, 7) is 1.65. The van der Waals surface area contributed by atoms with Crippen LogP contribution in [0.5, 0.6) is 0 Å². The van der Waals surface area contributed by atoms with Crippen LogP contribution in [0.15, 0.2) is 0 Å². The van der Waals surface area contributed by atoms with E-state index in [0.717, 1.165) is 31.4 Å². The SMILES string of the molecule is CC(=O)CCCCC[C@@H]1SC[C@@H]2NC(=O)N[C@@H]21. The number of Topliss-reactive ketones (excluding diaryl/α,β-unsaturated/α-hetero) is 1. The van der Waals surface area contributed by atoms with Crippen molar-refractivity contribution < 1.29 is 9.59 Å². The Labute approximate surface area is 106 Å². The van der Waals surface area contributed by atoms with Gasteiger partial charge in [-0.05, 0) is 19.8 Å². The molecular weight excluding hydrogens is 236 g/mol. The molecule has 3 atom stereocenters. The molecule has 2 N–H and O–H groups in total. The van der Waals surface area contributed by atoms with Crippen LogP contribution in [-0.4, -0.2) is 34.9 Å². The molecule has 0 saturated carbocycles. The van der Waals surface area contributed by atoms with Crippen molar-refractivity contribution in [1.29, 1.82) is 0 Å². The van der Waals surface area contributed by atoms with Crippen LogP contribution in [0, 0.1) is 0 Å². The monoisotopic (exact) mass is 256 g/mol. The Morgan fingerprint density at radius 2 is 2.18 bits per heavy atom. The summed E-state index contributed by atoms with van der Waals surface area (Å²) >= 11 is 1.96. The van der Waals surface area contributed by atoms with Crippen molar-refractivity contribution >= 4 is 23.6 Å². The van der Waals surface area contributed by atoms with Crippen LogP contribution >= 0.6 is 11.8 Å². The lowest BCUT2D eigenvalue weighted by Gasteiger charge is -2.16. The van der Waals surface area contributed by atoms with Crippen LogP contribution in [0.4, 0.5) is 4.79 Å². The molecule has 96 valence electrons. The molecule has 2 fully saturated rings. The number of urea groups is 1. The Morgan fingerprint density at radius 3 is 2.94 bits per heavy atom. The van der Waals surface area contributed by atoms with E-state index >= 15 is 0 Å². The lowest BCUT2D eigenvalue weighted by Crippen LogP contribution is -2.36. The van der Waals surface area contributed by atoms with Crippen molar-refractivity contribution in [1.82, 2.24) is 10.6 Å². The van der Waals surface area contributed by atoms with E-state index in [1.807, 2.05) is 11.8 Å². The largest absolute Gasteiger partial charge is 0.332 e. The quantitative estimate of drug-likeness (QED) is 0.561. The van der Waals surface area contributed by atoms with Crippen LogP contribution < -0.4 is 10.6 Å². The number of amides is 2. The summed E-state index contributed by atoms with van der Waals surface area (Å²) < 4.78 is 0.